The summed E-state index contributed by atoms with van der Waals surface area (Å²) in [5, 5.41) is 6.80. The molecule has 2 N–H and O–H groups in total. The highest BCUT2D eigenvalue weighted by atomic mass is 16.5. The Morgan fingerprint density at radius 3 is 2.56 bits per heavy atom. The quantitative estimate of drug-likeness (QED) is 0.632. The maximum Gasteiger partial charge on any atom is 0.136 e. The highest BCUT2D eigenvalue weighted by Crippen LogP contribution is 2.22. The lowest BCUT2D eigenvalue weighted by Crippen LogP contribution is -2.08. The number of aryl methyl sites for hydroxylation is 3. The van der Waals surface area contributed by atoms with Crippen LogP contribution in [0.3, 0.4) is 0 Å². The van der Waals surface area contributed by atoms with Crippen LogP contribution in [0.5, 0.6) is 5.75 Å². The first-order valence-corrected chi connectivity index (χ1v) is 9.10. The minimum Gasteiger partial charge on any atom is -0.497 e. The molecule has 27 heavy (non-hydrogen) atoms. The molecule has 0 atom stereocenters. The van der Waals surface area contributed by atoms with E-state index >= 15 is 0 Å². The Balaban J connectivity index is 1.67. The standard InChI is InChI=1S/C22H26N4O/c1-15-8-9-16(2)20(12-15)26-22-14-21(24-17(3)25-22)23-11-10-18-6-5-7-19(13-18)27-4/h5-9,12-14H,10-11H2,1-4H3,(H2,23,24,25,26). The smallest absolute Gasteiger partial charge is 0.136 e. The van der Waals surface area contributed by atoms with Gasteiger partial charge in [-0.3, -0.25) is 0 Å². The Morgan fingerprint density at radius 2 is 1.74 bits per heavy atom. The molecule has 140 valence electrons. The molecule has 0 radical (unpaired) electrons. The van der Waals surface area contributed by atoms with Gasteiger partial charge >= 0.3 is 0 Å². The number of hydrogen-bond donors (Lipinski definition) is 2. The van der Waals surface area contributed by atoms with Crippen molar-refractivity contribution in [1.29, 1.82) is 0 Å². The average Bonchev–Trinajstić information content (AvgIpc) is 2.64. The summed E-state index contributed by atoms with van der Waals surface area (Å²) in [7, 11) is 1.69. The van der Waals surface area contributed by atoms with Gasteiger partial charge in [0.1, 0.15) is 23.2 Å². The molecule has 0 unspecified atom stereocenters. The van der Waals surface area contributed by atoms with Crippen molar-refractivity contribution in [2.24, 2.45) is 0 Å². The zero-order chi connectivity index (χ0) is 19.2. The molecule has 0 fully saturated rings. The second-order valence-electron chi connectivity index (χ2n) is 6.66. The molecular weight excluding hydrogens is 336 g/mol. The molecule has 0 bridgehead atoms. The number of nitrogens with one attached hydrogen (secondary N) is 2. The molecule has 2 aromatic carbocycles. The molecule has 0 aliphatic heterocycles. The van der Waals surface area contributed by atoms with E-state index in [-0.39, 0.29) is 0 Å². The minimum atomic E-state index is 0.731. The molecule has 0 amide bonds. The number of methoxy groups -OCH3 is 1. The molecule has 0 saturated heterocycles. The van der Waals surface area contributed by atoms with Crippen LogP contribution in [0, 0.1) is 20.8 Å². The SMILES string of the molecule is COc1cccc(CCNc2cc(Nc3cc(C)ccc3C)nc(C)n2)c1. The molecule has 1 aromatic heterocycles. The third kappa shape index (κ3) is 5.20. The molecule has 1 heterocycles. The van der Waals surface area contributed by atoms with Gasteiger partial charge in [0.15, 0.2) is 0 Å². The zero-order valence-corrected chi connectivity index (χ0v) is 16.3. The van der Waals surface area contributed by atoms with Crippen LogP contribution in [-0.2, 0) is 6.42 Å². The number of aromatic nitrogens is 2. The minimum absolute atomic E-state index is 0.731. The predicted molar refractivity (Wildman–Crippen MR) is 111 cm³/mol. The fraction of sp³-hybridized carbons (Fsp3) is 0.273. The van der Waals surface area contributed by atoms with E-state index in [1.54, 1.807) is 7.11 Å². The van der Waals surface area contributed by atoms with Crippen molar-refractivity contribution in [1.82, 2.24) is 9.97 Å². The van der Waals surface area contributed by atoms with Crippen LogP contribution in [0.1, 0.15) is 22.5 Å². The Bertz CT molecular complexity index is 924. The van der Waals surface area contributed by atoms with Gasteiger partial charge in [0.05, 0.1) is 7.11 Å². The Morgan fingerprint density at radius 1 is 0.926 bits per heavy atom. The summed E-state index contributed by atoms with van der Waals surface area (Å²) in [5.41, 5.74) is 4.69. The normalized spacial score (nSPS) is 10.5. The molecule has 0 saturated carbocycles. The van der Waals surface area contributed by atoms with E-state index < -0.39 is 0 Å². The molecule has 0 spiro atoms. The fourth-order valence-corrected chi connectivity index (χ4v) is 2.89. The van der Waals surface area contributed by atoms with E-state index in [9.17, 15) is 0 Å². The van der Waals surface area contributed by atoms with E-state index in [0.717, 1.165) is 41.9 Å². The van der Waals surface area contributed by atoms with Gasteiger partial charge in [0, 0.05) is 18.3 Å². The highest BCUT2D eigenvalue weighted by Gasteiger charge is 2.05. The van der Waals surface area contributed by atoms with Crippen molar-refractivity contribution in [3.05, 3.63) is 71.0 Å². The first-order chi connectivity index (χ1) is 13.0. The number of hydrogen-bond acceptors (Lipinski definition) is 5. The summed E-state index contributed by atoms with van der Waals surface area (Å²) in [5.74, 6) is 3.22. The maximum absolute atomic E-state index is 5.28. The largest absolute Gasteiger partial charge is 0.497 e. The van der Waals surface area contributed by atoms with Crippen molar-refractivity contribution < 1.29 is 4.74 Å². The molecular formula is C22H26N4O. The van der Waals surface area contributed by atoms with E-state index in [2.05, 4.69) is 64.8 Å². The summed E-state index contributed by atoms with van der Waals surface area (Å²) in [4.78, 5) is 9.00. The third-order valence-corrected chi connectivity index (χ3v) is 4.35. The van der Waals surface area contributed by atoms with Gasteiger partial charge in [-0.05, 0) is 62.1 Å². The molecule has 5 heteroatoms. The molecule has 5 nitrogen and oxygen atoms in total. The Labute approximate surface area is 160 Å². The maximum atomic E-state index is 5.28. The van der Waals surface area contributed by atoms with Crippen LogP contribution in [-0.4, -0.2) is 23.6 Å². The zero-order valence-electron chi connectivity index (χ0n) is 16.3. The lowest BCUT2D eigenvalue weighted by molar-refractivity contribution is 0.414. The fourth-order valence-electron chi connectivity index (χ4n) is 2.89. The summed E-state index contributed by atoms with van der Waals surface area (Å²) >= 11 is 0. The first kappa shape index (κ1) is 18.7. The van der Waals surface area contributed by atoms with Crippen molar-refractivity contribution in [2.75, 3.05) is 24.3 Å². The molecule has 3 aromatic rings. The van der Waals surface area contributed by atoms with Gasteiger partial charge < -0.3 is 15.4 Å². The van der Waals surface area contributed by atoms with E-state index in [1.165, 1.54) is 16.7 Å². The Kier molecular flexibility index (Phi) is 5.91. The third-order valence-electron chi connectivity index (χ3n) is 4.35. The van der Waals surface area contributed by atoms with Gasteiger partial charge in [0.2, 0.25) is 0 Å². The summed E-state index contributed by atoms with van der Waals surface area (Å²) in [6.45, 7) is 6.86. The van der Waals surface area contributed by atoms with Crippen molar-refractivity contribution in [3.8, 4) is 5.75 Å². The highest BCUT2D eigenvalue weighted by molar-refractivity contribution is 5.63. The van der Waals surface area contributed by atoms with Gasteiger partial charge in [-0.1, -0.05) is 24.3 Å². The summed E-state index contributed by atoms with van der Waals surface area (Å²) < 4.78 is 5.28. The van der Waals surface area contributed by atoms with E-state index in [4.69, 9.17) is 4.74 Å². The monoisotopic (exact) mass is 362 g/mol. The number of anilines is 3. The van der Waals surface area contributed by atoms with Crippen LogP contribution in [0.4, 0.5) is 17.3 Å². The lowest BCUT2D eigenvalue weighted by Gasteiger charge is -2.12. The van der Waals surface area contributed by atoms with Crippen LogP contribution in [0.25, 0.3) is 0 Å². The molecule has 3 rings (SSSR count). The second-order valence-corrected chi connectivity index (χ2v) is 6.66. The van der Waals surface area contributed by atoms with E-state index in [0.29, 0.717) is 0 Å². The Hall–Kier alpha value is -3.08. The van der Waals surface area contributed by atoms with E-state index in [1.807, 2.05) is 25.1 Å². The number of rotatable bonds is 7. The summed E-state index contributed by atoms with van der Waals surface area (Å²) in [6, 6.07) is 16.4. The molecule has 0 aliphatic rings. The van der Waals surface area contributed by atoms with Gasteiger partial charge in [0.25, 0.3) is 0 Å². The lowest BCUT2D eigenvalue weighted by atomic mass is 10.1. The number of benzene rings is 2. The molecule has 0 aliphatic carbocycles. The average molecular weight is 362 g/mol. The van der Waals surface area contributed by atoms with Crippen LogP contribution >= 0.6 is 0 Å². The van der Waals surface area contributed by atoms with Gasteiger partial charge in [-0.15, -0.1) is 0 Å². The summed E-state index contributed by atoms with van der Waals surface area (Å²) in [6.07, 6.45) is 0.889. The van der Waals surface area contributed by atoms with Crippen LogP contribution in [0.2, 0.25) is 0 Å². The first-order valence-electron chi connectivity index (χ1n) is 9.10. The van der Waals surface area contributed by atoms with Crippen LogP contribution in [0.15, 0.2) is 48.5 Å². The second kappa shape index (κ2) is 8.54. The van der Waals surface area contributed by atoms with Gasteiger partial charge in [-0.2, -0.15) is 0 Å². The predicted octanol–water partition coefficient (Wildman–Crippen LogP) is 4.81. The number of nitrogens with zero attached hydrogens (tertiary/aromatic N) is 2. The number of ether oxygens (including phenoxy) is 1. The van der Waals surface area contributed by atoms with Crippen molar-refractivity contribution >= 4 is 17.3 Å². The van der Waals surface area contributed by atoms with Crippen molar-refractivity contribution in [3.63, 3.8) is 0 Å². The van der Waals surface area contributed by atoms with Crippen LogP contribution < -0.4 is 15.4 Å². The van der Waals surface area contributed by atoms with Crippen molar-refractivity contribution in [2.45, 2.75) is 27.2 Å². The topological polar surface area (TPSA) is 59.1 Å². The van der Waals surface area contributed by atoms with Gasteiger partial charge in [-0.25, -0.2) is 9.97 Å².